The molecule has 0 aliphatic heterocycles. The van der Waals surface area contributed by atoms with Gasteiger partial charge in [-0.1, -0.05) is 36.4 Å². The predicted octanol–water partition coefficient (Wildman–Crippen LogP) is 1.77. The van der Waals surface area contributed by atoms with Gasteiger partial charge in [0.1, 0.15) is 0 Å². The van der Waals surface area contributed by atoms with E-state index in [0.29, 0.717) is 37.4 Å². The quantitative estimate of drug-likeness (QED) is 0.172. The maximum absolute atomic E-state index is 12.2. The topological polar surface area (TPSA) is 127 Å². The first-order chi connectivity index (χ1) is 16.9. The van der Waals surface area contributed by atoms with Crippen LogP contribution in [0.4, 0.5) is 0 Å². The summed E-state index contributed by atoms with van der Waals surface area (Å²) in [4.78, 5) is 36.0. The van der Waals surface area contributed by atoms with E-state index in [1.165, 1.54) is 13.3 Å². The Morgan fingerprint density at radius 2 is 1.77 bits per heavy atom. The third-order valence-electron chi connectivity index (χ3n) is 4.54. The highest BCUT2D eigenvalue weighted by molar-refractivity contribution is 6.35. The SMILES string of the molecule is COc1cccc(/C=N\NC(=O)C(=O)NCCCOC(C)C)c1OCC(=O)NCc1ccccc1. The largest absolute Gasteiger partial charge is 0.493 e. The molecule has 10 nitrogen and oxygen atoms in total. The van der Waals surface area contributed by atoms with E-state index in [0.717, 1.165) is 5.56 Å². The first-order valence-electron chi connectivity index (χ1n) is 11.2. The monoisotopic (exact) mass is 484 g/mol. The van der Waals surface area contributed by atoms with Crippen molar-refractivity contribution in [3.63, 3.8) is 0 Å². The van der Waals surface area contributed by atoms with Crippen LogP contribution in [-0.2, 0) is 25.7 Å². The van der Waals surface area contributed by atoms with Gasteiger partial charge in [-0.2, -0.15) is 5.10 Å². The van der Waals surface area contributed by atoms with Crippen LogP contribution < -0.4 is 25.5 Å². The number of hydrogen-bond donors (Lipinski definition) is 3. The lowest BCUT2D eigenvalue weighted by atomic mass is 10.2. The number of carbonyl (C=O) groups excluding carboxylic acids is 3. The molecule has 0 atom stereocenters. The maximum Gasteiger partial charge on any atom is 0.329 e. The van der Waals surface area contributed by atoms with Gasteiger partial charge in [0, 0.05) is 25.3 Å². The molecule has 3 N–H and O–H groups in total. The molecule has 2 aromatic rings. The van der Waals surface area contributed by atoms with Crippen molar-refractivity contribution < 1.29 is 28.6 Å². The van der Waals surface area contributed by atoms with E-state index >= 15 is 0 Å². The summed E-state index contributed by atoms with van der Waals surface area (Å²) in [5.41, 5.74) is 3.59. The highest BCUT2D eigenvalue weighted by Crippen LogP contribution is 2.30. The molecular weight excluding hydrogens is 452 g/mol. The van der Waals surface area contributed by atoms with Gasteiger partial charge in [-0.15, -0.1) is 0 Å². The summed E-state index contributed by atoms with van der Waals surface area (Å²) in [6.45, 7) is 4.77. The standard InChI is InChI=1S/C25H32N4O6/c1-18(2)34-14-8-13-26-24(31)25(32)29-28-16-20-11-7-12-21(33-3)23(20)35-17-22(30)27-15-19-9-5-4-6-10-19/h4-7,9-12,16,18H,8,13-15,17H2,1-3H3,(H,26,31)(H,27,30)(H,29,32)/b28-16-. The van der Waals surface area contributed by atoms with Gasteiger partial charge in [0.05, 0.1) is 19.4 Å². The molecule has 0 aliphatic rings. The Labute approximate surface area is 205 Å². The van der Waals surface area contributed by atoms with Gasteiger partial charge >= 0.3 is 11.8 Å². The van der Waals surface area contributed by atoms with E-state index < -0.39 is 11.8 Å². The average molecular weight is 485 g/mol. The molecule has 0 unspecified atom stereocenters. The number of methoxy groups -OCH3 is 1. The van der Waals surface area contributed by atoms with E-state index in [4.69, 9.17) is 14.2 Å². The van der Waals surface area contributed by atoms with Crippen molar-refractivity contribution in [2.75, 3.05) is 26.9 Å². The van der Waals surface area contributed by atoms with E-state index in [-0.39, 0.29) is 24.4 Å². The zero-order valence-corrected chi connectivity index (χ0v) is 20.2. The number of nitrogens with one attached hydrogen (secondary N) is 3. The van der Waals surface area contributed by atoms with Gasteiger partial charge < -0.3 is 24.8 Å². The molecule has 3 amide bonds. The molecule has 0 aliphatic carbocycles. The van der Waals surface area contributed by atoms with Gasteiger partial charge in [-0.25, -0.2) is 5.43 Å². The number of carbonyl (C=O) groups is 3. The van der Waals surface area contributed by atoms with Crippen LogP contribution in [0.1, 0.15) is 31.4 Å². The van der Waals surface area contributed by atoms with Crippen molar-refractivity contribution in [2.24, 2.45) is 5.10 Å². The number of hydrogen-bond acceptors (Lipinski definition) is 7. The highest BCUT2D eigenvalue weighted by Gasteiger charge is 2.14. The highest BCUT2D eigenvalue weighted by atomic mass is 16.5. The second-order valence-corrected chi connectivity index (χ2v) is 7.66. The molecule has 0 bridgehead atoms. The summed E-state index contributed by atoms with van der Waals surface area (Å²) < 4.78 is 16.4. The summed E-state index contributed by atoms with van der Waals surface area (Å²) in [5, 5.41) is 9.10. The van der Waals surface area contributed by atoms with Crippen LogP contribution in [-0.4, -0.2) is 56.9 Å². The summed E-state index contributed by atoms with van der Waals surface area (Å²) in [5.74, 6) is -1.36. The third kappa shape index (κ3) is 10.3. The number of ether oxygens (including phenoxy) is 3. The van der Waals surface area contributed by atoms with E-state index in [9.17, 15) is 14.4 Å². The van der Waals surface area contributed by atoms with Crippen LogP contribution in [0.15, 0.2) is 53.6 Å². The molecule has 0 radical (unpaired) electrons. The Balaban J connectivity index is 1.87. The Morgan fingerprint density at radius 3 is 2.49 bits per heavy atom. The molecule has 0 aromatic heterocycles. The predicted molar refractivity (Wildman–Crippen MR) is 131 cm³/mol. The molecule has 0 fully saturated rings. The molecule has 0 spiro atoms. The van der Waals surface area contributed by atoms with E-state index in [1.54, 1.807) is 18.2 Å². The van der Waals surface area contributed by atoms with Gasteiger partial charge in [-0.05, 0) is 38.0 Å². The Morgan fingerprint density at radius 1 is 1.00 bits per heavy atom. The minimum Gasteiger partial charge on any atom is -0.493 e. The third-order valence-corrected chi connectivity index (χ3v) is 4.54. The minimum atomic E-state index is -0.906. The molecule has 2 aromatic carbocycles. The minimum absolute atomic E-state index is 0.109. The Hall–Kier alpha value is -3.92. The number of rotatable bonds is 13. The van der Waals surface area contributed by atoms with Crippen LogP contribution in [0.2, 0.25) is 0 Å². The van der Waals surface area contributed by atoms with E-state index in [1.807, 2.05) is 44.2 Å². The lowest BCUT2D eigenvalue weighted by molar-refractivity contribution is -0.139. The number of hydrazone groups is 1. The Bertz CT molecular complexity index is 995. The lowest BCUT2D eigenvalue weighted by Crippen LogP contribution is -2.38. The first kappa shape index (κ1) is 27.3. The molecule has 188 valence electrons. The van der Waals surface area contributed by atoms with Crippen LogP contribution in [0.25, 0.3) is 0 Å². The van der Waals surface area contributed by atoms with Crippen LogP contribution in [0.3, 0.4) is 0 Å². The van der Waals surface area contributed by atoms with Crippen molar-refractivity contribution in [3.05, 3.63) is 59.7 Å². The van der Waals surface area contributed by atoms with Gasteiger partial charge in [0.25, 0.3) is 5.91 Å². The van der Waals surface area contributed by atoms with Crippen molar-refractivity contribution in [1.29, 1.82) is 0 Å². The lowest BCUT2D eigenvalue weighted by Gasteiger charge is -2.13. The molecular formula is C25H32N4O6. The maximum atomic E-state index is 12.2. The fourth-order valence-electron chi connectivity index (χ4n) is 2.82. The first-order valence-corrected chi connectivity index (χ1v) is 11.2. The smallest absolute Gasteiger partial charge is 0.329 e. The van der Waals surface area contributed by atoms with Crippen molar-refractivity contribution in [2.45, 2.75) is 32.9 Å². The summed E-state index contributed by atoms with van der Waals surface area (Å²) >= 11 is 0. The van der Waals surface area contributed by atoms with Crippen molar-refractivity contribution in [3.8, 4) is 11.5 Å². The number of nitrogens with zero attached hydrogens (tertiary/aromatic N) is 1. The molecule has 0 saturated carbocycles. The van der Waals surface area contributed by atoms with Crippen molar-refractivity contribution >= 4 is 23.9 Å². The number of para-hydroxylation sites is 1. The van der Waals surface area contributed by atoms with Crippen LogP contribution in [0, 0.1) is 0 Å². The van der Waals surface area contributed by atoms with E-state index in [2.05, 4.69) is 21.2 Å². The fraction of sp³-hybridized carbons (Fsp3) is 0.360. The molecule has 35 heavy (non-hydrogen) atoms. The zero-order valence-electron chi connectivity index (χ0n) is 20.2. The van der Waals surface area contributed by atoms with Gasteiger partial charge in [0.15, 0.2) is 18.1 Å². The second-order valence-electron chi connectivity index (χ2n) is 7.66. The zero-order chi connectivity index (χ0) is 25.5. The summed E-state index contributed by atoms with van der Waals surface area (Å²) in [6, 6.07) is 14.5. The van der Waals surface area contributed by atoms with Gasteiger partial charge in [0.2, 0.25) is 0 Å². The molecule has 2 rings (SSSR count). The fourth-order valence-corrected chi connectivity index (χ4v) is 2.82. The molecule has 0 heterocycles. The number of amides is 3. The van der Waals surface area contributed by atoms with Crippen molar-refractivity contribution in [1.82, 2.24) is 16.1 Å². The molecule has 0 saturated heterocycles. The Kier molecular flexibility index (Phi) is 11.8. The second kappa shape index (κ2) is 15.1. The van der Waals surface area contributed by atoms with Crippen LogP contribution in [0.5, 0.6) is 11.5 Å². The summed E-state index contributed by atoms with van der Waals surface area (Å²) in [7, 11) is 1.47. The van der Waals surface area contributed by atoms with Gasteiger partial charge in [-0.3, -0.25) is 14.4 Å². The summed E-state index contributed by atoms with van der Waals surface area (Å²) in [6.07, 6.45) is 2.00. The molecule has 10 heteroatoms. The average Bonchev–Trinajstić information content (AvgIpc) is 2.86. The number of benzene rings is 2. The normalized spacial score (nSPS) is 10.7. The van der Waals surface area contributed by atoms with Crippen LogP contribution >= 0.6 is 0 Å².